The van der Waals surface area contributed by atoms with Crippen molar-refractivity contribution in [3.8, 4) is 0 Å². The fraction of sp³-hybridized carbons (Fsp3) is 0.400. The van der Waals surface area contributed by atoms with E-state index in [0.29, 0.717) is 11.4 Å². The Labute approximate surface area is 127 Å². The highest BCUT2D eigenvalue weighted by atomic mass is 32.2. The number of carbonyl (C=O) groups excluding carboxylic acids is 1. The van der Waals surface area contributed by atoms with Crippen LogP contribution in [-0.4, -0.2) is 44.4 Å². The number of rotatable bonds is 2. The number of nitrogens with zero attached hydrogens (tertiary/aromatic N) is 1. The van der Waals surface area contributed by atoms with E-state index >= 15 is 0 Å². The minimum atomic E-state index is -0.276. The van der Waals surface area contributed by atoms with E-state index in [-0.39, 0.29) is 11.7 Å². The highest BCUT2D eigenvalue weighted by Gasteiger charge is 2.18. The van der Waals surface area contributed by atoms with Gasteiger partial charge >= 0.3 is 0 Å². The molecule has 0 saturated carbocycles. The monoisotopic (exact) mass is 307 g/mol. The number of carbonyl (C=O) groups is 1. The summed E-state index contributed by atoms with van der Waals surface area (Å²) in [4.78, 5) is 14.7. The van der Waals surface area contributed by atoms with Crippen LogP contribution in [0.1, 0.15) is 5.56 Å². The number of halogens is 1. The second kappa shape index (κ2) is 6.49. The number of nitrogens with one attached hydrogen (secondary N) is 2. The molecule has 0 spiro atoms. The Morgan fingerprint density at radius 1 is 1.24 bits per heavy atom. The summed E-state index contributed by atoms with van der Waals surface area (Å²) in [7, 11) is 0. The number of benzene rings is 1. The number of hydrogen-bond donors (Lipinski definition) is 2. The molecule has 2 saturated heterocycles. The van der Waals surface area contributed by atoms with Gasteiger partial charge in [0.2, 0.25) is 0 Å². The van der Waals surface area contributed by atoms with Crippen molar-refractivity contribution in [1.29, 1.82) is 0 Å². The highest BCUT2D eigenvalue weighted by molar-refractivity contribution is 8.04. The predicted octanol–water partition coefficient (Wildman–Crippen LogP) is 1.44. The summed E-state index contributed by atoms with van der Waals surface area (Å²) >= 11 is 1.52. The van der Waals surface area contributed by atoms with Crippen LogP contribution in [0.5, 0.6) is 0 Å². The van der Waals surface area contributed by atoms with Crippen LogP contribution in [0.4, 0.5) is 10.1 Å². The first-order chi connectivity index (χ1) is 10.2. The lowest BCUT2D eigenvalue weighted by Crippen LogP contribution is -2.43. The van der Waals surface area contributed by atoms with Gasteiger partial charge in [0, 0.05) is 49.7 Å². The van der Waals surface area contributed by atoms with Crippen LogP contribution in [0.25, 0.3) is 6.08 Å². The molecule has 21 heavy (non-hydrogen) atoms. The Morgan fingerprint density at radius 3 is 2.81 bits per heavy atom. The topological polar surface area (TPSA) is 44.4 Å². The molecular formula is C15H18FN3OS. The molecule has 0 aliphatic carbocycles. The summed E-state index contributed by atoms with van der Waals surface area (Å²) in [6, 6.07) is 4.79. The number of thioether (sulfide) groups is 1. The zero-order valence-electron chi connectivity index (χ0n) is 11.7. The van der Waals surface area contributed by atoms with E-state index in [1.54, 1.807) is 12.1 Å². The molecule has 2 aliphatic rings. The minimum Gasteiger partial charge on any atom is -0.368 e. The summed E-state index contributed by atoms with van der Waals surface area (Å²) in [5.74, 6) is 0.513. The molecular weight excluding hydrogens is 289 g/mol. The zero-order chi connectivity index (χ0) is 14.7. The van der Waals surface area contributed by atoms with Gasteiger partial charge in [-0.2, -0.15) is 0 Å². The van der Waals surface area contributed by atoms with Crippen molar-refractivity contribution in [2.24, 2.45) is 0 Å². The molecule has 0 aromatic heterocycles. The number of amides is 1. The van der Waals surface area contributed by atoms with E-state index < -0.39 is 0 Å². The maximum Gasteiger partial charge on any atom is 0.257 e. The van der Waals surface area contributed by atoms with Crippen molar-refractivity contribution in [3.63, 3.8) is 0 Å². The maximum atomic E-state index is 13.6. The average Bonchev–Trinajstić information content (AvgIpc) is 2.51. The summed E-state index contributed by atoms with van der Waals surface area (Å²) < 4.78 is 13.6. The summed E-state index contributed by atoms with van der Waals surface area (Å²) in [6.45, 7) is 4.31. The third-order valence-electron chi connectivity index (χ3n) is 3.60. The van der Waals surface area contributed by atoms with Gasteiger partial charge in [0.25, 0.3) is 5.91 Å². The third kappa shape index (κ3) is 3.39. The lowest BCUT2D eigenvalue weighted by atomic mass is 10.1. The van der Waals surface area contributed by atoms with Crippen molar-refractivity contribution < 1.29 is 9.18 Å². The van der Waals surface area contributed by atoms with E-state index in [2.05, 4.69) is 15.5 Å². The van der Waals surface area contributed by atoms with Crippen LogP contribution in [0.3, 0.4) is 0 Å². The molecule has 0 radical (unpaired) electrons. The van der Waals surface area contributed by atoms with E-state index in [0.717, 1.165) is 43.2 Å². The quantitative estimate of drug-likeness (QED) is 0.812. The Morgan fingerprint density at radius 2 is 2.05 bits per heavy atom. The Kier molecular flexibility index (Phi) is 4.45. The smallest absolute Gasteiger partial charge is 0.257 e. The van der Waals surface area contributed by atoms with Crippen LogP contribution in [0, 0.1) is 5.82 Å². The molecule has 2 N–H and O–H groups in total. The van der Waals surface area contributed by atoms with E-state index in [4.69, 9.17) is 0 Å². The Bertz CT molecular complexity index is 570. The molecule has 1 aromatic carbocycles. The summed E-state index contributed by atoms with van der Waals surface area (Å²) in [6.07, 6.45) is 1.81. The van der Waals surface area contributed by atoms with Crippen molar-refractivity contribution in [2.45, 2.75) is 0 Å². The summed E-state index contributed by atoms with van der Waals surface area (Å²) in [5, 5.41) is 6.12. The number of piperazine rings is 1. The second-order valence-corrected chi connectivity index (χ2v) is 6.19. The molecule has 6 heteroatoms. The summed E-state index contributed by atoms with van der Waals surface area (Å²) in [5.41, 5.74) is 1.76. The molecule has 2 heterocycles. The standard InChI is InChI=1S/C15H18FN3OS/c16-12-1-2-13(19-6-3-17-4-7-19)11(9-12)10-14-15(20)18-5-8-21-14/h1-2,9-10,17H,3-8H2,(H,18,20)/b14-10-. The third-order valence-corrected chi connectivity index (χ3v) is 4.63. The minimum absolute atomic E-state index is 0.0678. The van der Waals surface area contributed by atoms with Gasteiger partial charge in [-0.25, -0.2) is 4.39 Å². The fourth-order valence-corrected chi connectivity index (χ4v) is 3.40. The molecule has 1 amide bonds. The molecule has 0 bridgehead atoms. The van der Waals surface area contributed by atoms with Gasteiger partial charge in [-0.05, 0) is 24.3 Å². The first-order valence-corrected chi connectivity index (χ1v) is 8.10. The molecule has 4 nitrogen and oxygen atoms in total. The fourth-order valence-electron chi connectivity index (χ4n) is 2.56. The van der Waals surface area contributed by atoms with Crippen LogP contribution in [-0.2, 0) is 4.79 Å². The van der Waals surface area contributed by atoms with Gasteiger partial charge in [-0.3, -0.25) is 4.79 Å². The average molecular weight is 307 g/mol. The van der Waals surface area contributed by atoms with Crippen LogP contribution >= 0.6 is 11.8 Å². The van der Waals surface area contributed by atoms with Gasteiger partial charge in [0.05, 0.1) is 4.91 Å². The van der Waals surface area contributed by atoms with Crippen molar-refractivity contribution in [1.82, 2.24) is 10.6 Å². The molecule has 3 rings (SSSR count). The molecule has 0 unspecified atom stereocenters. The Balaban J connectivity index is 1.94. The van der Waals surface area contributed by atoms with Gasteiger partial charge < -0.3 is 15.5 Å². The molecule has 0 atom stereocenters. The number of hydrogen-bond acceptors (Lipinski definition) is 4. The molecule has 2 fully saturated rings. The van der Waals surface area contributed by atoms with Gasteiger partial charge in [0.15, 0.2) is 0 Å². The van der Waals surface area contributed by atoms with E-state index in [1.807, 2.05) is 0 Å². The van der Waals surface area contributed by atoms with Crippen molar-refractivity contribution in [2.75, 3.05) is 43.4 Å². The molecule has 1 aromatic rings. The normalized spacial score (nSPS) is 21.5. The van der Waals surface area contributed by atoms with Crippen LogP contribution in [0.2, 0.25) is 0 Å². The van der Waals surface area contributed by atoms with Crippen LogP contribution in [0.15, 0.2) is 23.1 Å². The lowest BCUT2D eigenvalue weighted by molar-refractivity contribution is -0.116. The number of anilines is 1. The van der Waals surface area contributed by atoms with Gasteiger partial charge in [-0.1, -0.05) is 0 Å². The van der Waals surface area contributed by atoms with Gasteiger partial charge in [-0.15, -0.1) is 11.8 Å². The molecule has 112 valence electrons. The maximum absolute atomic E-state index is 13.6. The first-order valence-electron chi connectivity index (χ1n) is 7.12. The van der Waals surface area contributed by atoms with E-state index in [9.17, 15) is 9.18 Å². The predicted molar refractivity (Wildman–Crippen MR) is 84.9 cm³/mol. The largest absolute Gasteiger partial charge is 0.368 e. The molecule has 2 aliphatic heterocycles. The lowest BCUT2D eigenvalue weighted by Gasteiger charge is -2.31. The Hall–Kier alpha value is -1.53. The SMILES string of the molecule is O=C1NCCS/C1=C\c1cc(F)ccc1N1CCNCC1. The van der Waals surface area contributed by atoms with Crippen molar-refractivity contribution in [3.05, 3.63) is 34.5 Å². The van der Waals surface area contributed by atoms with E-state index in [1.165, 1.54) is 23.9 Å². The van der Waals surface area contributed by atoms with Crippen LogP contribution < -0.4 is 15.5 Å². The second-order valence-electron chi connectivity index (χ2n) is 5.05. The van der Waals surface area contributed by atoms with Gasteiger partial charge in [0.1, 0.15) is 5.82 Å². The highest BCUT2D eigenvalue weighted by Crippen LogP contribution is 2.28. The zero-order valence-corrected chi connectivity index (χ0v) is 12.5. The first kappa shape index (κ1) is 14.4. The van der Waals surface area contributed by atoms with Crippen molar-refractivity contribution >= 4 is 29.4 Å².